The van der Waals surface area contributed by atoms with Crippen LogP contribution in [0.5, 0.6) is 0 Å². The third kappa shape index (κ3) is 2.20. The molecule has 0 bridgehead atoms. The maximum atomic E-state index is 14.8. The van der Waals surface area contributed by atoms with E-state index in [1.54, 1.807) is 43.2 Å². The van der Waals surface area contributed by atoms with Gasteiger partial charge in [0.15, 0.2) is 0 Å². The summed E-state index contributed by atoms with van der Waals surface area (Å²) in [4.78, 5) is 27.6. The van der Waals surface area contributed by atoms with Crippen LogP contribution >= 0.6 is 0 Å². The summed E-state index contributed by atoms with van der Waals surface area (Å²) in [6, 6.07) is 7.15. The van der Waals surface area contributed by atoms with Gasteiger partial charge in [-0.3, -0.25) is 9.59 Å². The molecule has 1 saturated carbocycles. The summed E-state index contributed by atoms with van der Waals surface area (Å²) in [6.45, 7) is 3.74. The van der Waals surface area contributed by atoms with E-state index in [1.165, 1.54) is 9.47 Å². The number of amides is 1. The van der Waals surface area contributed by atoms with Gasteiger partial charge in [-0.15, -0.1) is 0 Å². The van der Waals surface area contributed by atoms with Gasteiger partial charge >= 0.3 is 0 Å². The highest BCUT2D eigenvalue weighted by molar-refractivity contribution is 6.07. The summed E-state index contributed by atoms with van der Waals surface area (Å²) in [5.74, 6) is -4.08. The first kappa shape index (κ1) is 19.0. The smallest absolute Gasteiger partial charge is 0.265 e. The predicted molar refractivity (Wildman–Crippen MR) is 110 cm³/mol. The zero-order valence-corrected chi connectivity index (χ0v) is 17.4. The highest BCUT2D eigenvalue weighted by Gasteiger charge is 2.84. The topological polar surface area (TPSA) is 47.2 Å². The van der Waals surface area contributed by atoms with Crippen LogP contribution in [0.3, 0.4) is 0 Å². The molecule has 0 spiro atoms. The standard InChI is InChI=1S/C23H23F2N3O2/c1-13-5-7-15(8-6-13)22-12-28(11-17(22)23(22,24)25)20(29)16-10-26(3)19-14(2)9-27(4)21(30)18(16)19/h5-10,17H,11-12H2,1-4H3. The minimum absolute atomic E-state index is 0.0117. The Morgan fingerprint density at radius 1 is 1.07 bits per heavy atom. The van der Waals surface area contributed by atoms with Crippen LogP contribution in [-0.4, -0.2) is 39.0 Å². The van der Waals surface area contributed by atoms with Crippen molar-refractivity contribution in [3.63, 3.8) is 0 Å². The van der Waals surface area contributed by atoms with E-state index in [-0.39, 0.29) is 30.1 Å². The number of benzene rings is 1. The van der Waals surface area contributed by atoms with Crippen LogP contribution in [0.25, 0.3) is 10.9 Å². The summed E-state index contributed by atoms with van der Waals surface area (Å²) in [6.07, 6.45) is 3.37. The predicted octanol–water partition coefficient (Wildman–Crippen LogP) is 3.15. The minimum Gasteiger partial charge on any atom is -0.349 e. The molecule has 1 aliphatic carbocycles. The van der Waals surface area contributed by atoms with Gasteiger partial charge in [-0.1, -0.05) is 29.8 Å². The van der Waals surface area contributed by atoms with Crippen molar-refractivity contribution in [2.45, 2.75) is 25.2 Å². The number of aromatic nitrogens is 2. The maximum absolute atomic E-state index is 14.8. The highest BCUT2D eigenvalue weighted by atomic mass is 19.3. The number of hydrogen-bond acceptors (Lipinski definition) is 2. The molecular weight excluding hydrogens is 388 g/mol. The van der Waals surface area contributed by atoms with Crippen LogP contribution < -0.4 is 5.56 Å². The molecule has 3 aromatic rings. The molecule has 5 nitrogen and oxygen atoms in total. The average Bonchev–Trinajstić information content (AvgIpc) is 3.05. The molecule has 2 aliphatic rings. The van der Waals surface area contributed by atoms with Crippen LogP contribution in [-0.2, 0) is 19.5 Å². The minimum atomic E-state index is -2.83. The summed E-state index contributed by atoms with van der Waals surface area (Å²) >= 11 is 0. The molecule has 0 radical (unpaired) electrons. The summed E-state index contributed by atoms with van der Waals surface area (Å²) in [7, 11) is 3.43. The molecular formula is C23H23F2N3O2. The third-order valence-electron chi connectivity index (χ3n) is 6.95. The van der Waals surface area contributed by atoms with Gasteiger partial charge in [0.25, 0.3) is 17.4 Å². The molecule has 1 aliphatic heterocycles. The average molecular weight is 411 g/mol. The van der Waals surface area contributed by atoms with Crippen molar-refractivity contribution < 1.29 is 13.6 Å². The van der Waals surface area contributed by atoms with Crippen molar-refractivity contribution in [1.29, 1.82) is 0 Å². The number of likely N-dealkylation sites (tertiary alicyclic amines) is 1. The number of carbonyl (C=O) groups excluding carboxylic acids is 1. The lowest BCUT2D eigenvalue weighted by molar-refractivity contribution is 0.0394. The van der Waals surface area contributed by atoms with Gasteiger partial charge in [-0.25, -0.2) is 8.78 Å². The van der Waals surface area contributed by atoms with Gasteiger partial charge in [0.1, 0.15) is 0 Å². The quantitative estimate of drug-likeness (QED) is 0.651. The zero-order chi connectivity index (χ0) is 21.6. The Bertz CT molecular complexity index is 1270. The van der Waals surface area contributed by atoms with Crippen LogP contribution in [0.4, 0.5) is 8.78 Å². The fourth-order valence-corrected chi connectivity index (χ4v) is 5.33. The monoisotopic (exact) mass is 411 g/mol. The fourth-order valence-electron chi connectivity index (χ4n) is 5.33. The number of aryl methyl sites for hydroxylation is 4. The summed E-state index contributed by atoms with van der Waals surface area (Å²) < 4.78 is 32.7. The van der Waals surface area contributed by atoms with E-state index in [0.29, 0.717) is 16.5 Å². The van der Waals surface area contributed by atoms with Gasteiger partial charge in [0.05, 0.1) is 27.8 Å². The second kappa shape index (κ2) is 5.80. The van der Waals surface area contributed by atoms with Crippen molar-refractivity contribution in [3.05, 3.63) is 69.3 Å². The number of alkyl halides is 2. The van der Waals surface area contributed by atoms with E-state index in [1.807, 2.05) is 26.0 Å². The molecule has 3 heterocycles. The molecule has 156 valence electrons. The van der Waals surface area contributed by atoms with Crippen LogP contribution in [0.1, 0.15) is 27.0 Å². The Morgan fingerprint density at radius 2 is 1.73 bits per heavy atom. The molecule has 1 aromatic carbocycles. The van der Waals surface area contributed by atoms with Crippen LogP contribution in [0.15, 0.2) is 41.5 Å². The highest BCUT2D eigenvalue weighted by Crippen LogP contribution is 2.70. The number of pyridine rings is 1. The van der Waals surface area contributed by atoms with Gasteiger partial charge in [0.2, 0.25) is 0 Å². The Kier molecular flexibility index (Phi) is 3.68. The van der Waals surface area contributed by atoms with Crippen molar-refractivity contribution in [2.24, 2.45) is 20.0 Å². The Hall–Kier alpha value is -2.96. The van der Waals surface area contributed by atoms with Gasteiger partial charge in [-0.05, 0) is 25.0 Å². The van der Waals surface area contributed by atoms with E-state index >= 15 is 0 Å². The van der Waals surface area contributed by atoms with E-state index in [4.69, 9.17) is 0 Å². The Labute approximate surface area is 172 Å². The second-order valence-electron chi connectivity index (χ2n) is 8.80. The Balaban J connectivity index is 1.56. The molecule has 7 heteroatoms. The molecule has 2 atom stereocenters. The zero-order valence-electron chi connectivity index (χ0n) is 17.4. The van der Waals surface area contributed by atoms with Crippen molar-refractivity contribution in [1.82, 2.24) is 14.0 Å². The van der Waals surface area contributed by atoms with Gasteiger partial charge in [-0.2, -0.15) is 0 Å². The van der Waals surface area contributed by atoms with E-state index in [9.17, 15) is 18.4 Å². The van der Waals surface area contributed by atoms with Gasteiger partial charge < -0.3 is 14.0 Å². The number of carbonyl (C=O) groups is 1. The number of rotatable bonds is 2. The molecule has 1 saturated heterocycles. The largest absolute Gasteiger partial charge is 0.349 e. The van der Waals surface area contributed by atoms with E-state index in [2.05, 4.69) is 0 Å². The fraction of sp³-hybridized carbons (Fsp3) is 0.391. The normalized spacial score (nSPS) is 24.3. The lowest BCUT2D eigenvalue weighted by Crippen LogP contribution is -2.38. The third-order valence-corrected chi connectivity index (χ3v) is 6.95. The number of nitrogens with zero attached hydrogens (tertiary/aromatic N) is 3. The lowest BCUT2D eigenvalue weighted by Gasteiger charge is -2.24. The molecule has 2 aromatic heterocycles. The second-order valence-corrected chi connectivity index (χ2v) is 8.80. The number of hydrogen-bond donors (Lipinski definition) is 0. The van der Waals surface area contributed by atoms with E-state index in [0.717, 1.165) is 11.1 Å². The molecule has 30 heavy (non-hydrogen) atoms. The molecule has 2 unspecified atom stereocenters. The first-order chi connectivity index (χ1) is 14.1. The molecule has 1 amide bonds. The first-order valence-electron chi connectivity index (χ1n) is 9.99. The van der Waals surface area contributed by atoms with Crippen LogP contribution in [0.2, 0.25) is 0 Å². The molecule has 0 N–H and O–H groups in total. The first-order valence-corrected chi connectivity index (χ1v) is 9.99. The van der Waals surface area contributed by atoms with Crippen LogP contribution in [0, 0.1) is 19.8 Å². The van der Waals surface area contributed by atoms with Crippen molar-refractivity contribution >= 4 is 16.8 Å². The van der Waals surface area contributed by atoms with E-state index < -0.39 is 17.3 Å². The Morgan fingerprint density at radius 3 is 2.40 bits per heavy atom. The summed E-state index contributed by atoms with van der Waals surface area (Å²) in [5.41, 5.74) is 1.83. The molecule has 5 rings (SSSR count). The van der Waals surface area contributed by atoms with Crippen molar-refractivity contribution in [3.8, 4) is 0 Å². The lowest BCUT2D eigenvalue weighted by atomic mass is 9.93. The van der Waals surface area contributed by atoms with Crippen molar-refractivity contribution in [2.75, 3.05) is 13.1 Å². The van der Waals surface area contributed by atoms with Gasteiger partial charge in [0, 0.05) is 39.6 Å². The SMILES string of the molecule is Cc1ccc(C23CN(C(=O)c4cn(C)c5c(C)cn(C)c(=O)c45)CC2C3(F)F)cc1. The maximum Gasteiger partial charge on any atom is 0.265 e. The number of fused-ring (bicyclic) bond motifs is 2. The number of piperidine rings is 1. The number of halogens is 2. The summed E-state index contributed by atoms with van der Waals surface area (Å²) in [5, 5.41) is 0.349. The molecule has 2 fully saturated rings.